The van der Waals surface area contributed by atoms with Crippen LogP contribution in [0.1, 0.15) is 22.3 Å². The summed E-state index contributed by atoms with van der Waals surface area (Å²) in [7, 11) is 0. The van der Waals surface area contributed by atoms with E-state index in [9.17, 15) is 0 Å². The molecule has 0 amide bonds. The van der Waals surface area contributed by atoms with Gasteiger partial charge in [-0.25, -0.2) is 0 Å². The smallest absolute Gasteiger partial charge is 0.143 e. The Morgan fingerprint density at radius 2 is 0.836 bits per heavy atom. The molecule has 0 fully saturated rings. The van der Waals surface area contributed by atoms with Gasteiger partial charge in [-0.05, 0) is 131 Å². The lowest BCUT2D eigenvalue weighted by Crippen LogP contribution is -2.28. The lowest BCUT2D eigenvalue weighted by molar-refractivity contribution is 0.670. The van der Waals surface area contributed by atoms with E-state index in [1.165, 1.54) is 76.5 Å². The van der Waals surface area contributed by atoms with Crippen LogP contribution in [0.4, 0.5) is 17.1 Å². The summed E-state index contributed by atoms with van der Waals surface area (Å²) in [6, 6.07) is 91.2. The molecule has 0 saturated heterocycles. The van der Waals surface area contributed by atoms with Crippen LogP contribution in [-0.4, -0.2) is 0 Å². The highest BCUT2D eigenvalue weighted by Crippen LogP contribution is 2.57. The maximum absolute atomic E-state index is 7.22. The van der Waals surface area contributed by atoms with Crippen LogP contribution in [0.15, 0.2) is 253 Å². The number of rotatable bonds is 6. The van der Waals surface area contributed by atoms with Crippen LogP contribution in [0.2, 0.25) is 0 Å². The molecule has 1 aliphatic rings. The van der Waals surface area contributed by atoms with Gasteiger partial charge in [0.2, 0.25) is 0 Å². The zero-order valence-electron chi connectivity index (χ0n) is 36.5. The Balaban J connectivity index is 0.987. The average molecular weight is 852 g/mol. The Morgan fingerprint density at radius 1 is 0.313 bits per heavy atom. The Labute approximate surface area is 388 Å². The number of benzene rings is 12. The lowest BCUT2D eigenvalue weighted by Gasteiger charge is -2.35. The second-order valence-corrected chi connectivity index (χ2v) is 17.9. The molecule has 0 unspecified atom stereocenters. The summed E-state index contributed by atoms with van der Waals surface area (Å²) in [5.41, 5.74) is 14.2. The summed E-state index contributed by atoms with van der Waals surface area (Å²) < 4.78 is 7.22. The Kier molecular flexibility index (Phi) is 8.23. The first kappa shape index (κ1) is 37.6. The molecule has 12 aromatic carbocycles. The SMILES string of the molecule is c1ccc(N(c2ccc3c(c2)C(c2ccccc2)(c2ccccc2)c2ccccc2-3)c2ccc3c(c2)oc2c(-c4ccc5c6ccccc6c6ccccc6c5c4)c4ccccc4cc23)cc1. The van der Waals surface area contributed by atoms with Crippen molar-refractivity contribution >= 4 is 82.1 Å². The molecule has 0 atom stereocenters. The number of furan rings is 1. The zero-order valence-corrected chi connectivity index (χ0v) is 36.5. The lowest BCUT2D eigenvalue weighted by atomic mass is 9.67. The van der Waals surface area contributed by atoms with Crippen molar-refractivity contribution in [1.29, 1.82) is 0 Å². The number of nitrogens with zero attached hydrogens (tertiary/aromatic N) is 1. The first-order chi connectivity index (χ1) is 33.2. The van der Waals surface area contributed by atoms with Gasteiger partial charge in [-0.3, -0.25) is 0 Å². The number of para-hydroxylation sites is 1. The molecule has 0 saturated carbocycles. The summed E-state index contributed by atoms with van der Waals surface area (Å²) in [6.45, 7) is 0. The fourth-order valence-electron chi connectivity index (χ4n) is 11.6. The third-order valence-electron chi connectivity index (χ3n) is 14.5. The summed E-state index contributed by atoms with van der Waals surface area (Å²) in [5, 5.41) is 12.1. The molecule has 0 spiro atoms. The van der Waals surface area contributed by atoms with Crippen LogP contribution in [0, 0.1) is 0 Å². The minimum atomic E-state index is -0.518. The van der Waals surface area contributed by atoms with Gasteiger partial charge in [-0.15, -0.1) is 0 Å². The van der Waals surface area contributed by atoms with Crippen molar-refractivity contribution in [3.63, 3.8) is 0 Å². The van der Waals surface area contributed by atoms with Crippen LogP contribution < -0.4 is 4.90 Å². The third-order valence-corrected chi connectivity index (χ3v) is 14.5. The summed E-state index contributed by atoms with van der Waals surface area (Å²) >= 11 is 0. The third kappa shape index (κ3) is 5.51. The van der Waals surface area contributed by atoms with E-state index in [0.29, 0.717) is 0 Å². The first-order valence-corrected chi connectivity index (χ1v) is 23.2. The number of fused-ring (bicyclic) bond motifs is 13. The quantitative estimate of drug-likeness (QED) is 0.155. The monoisotopic (exact) mass is 851 g/mol. The van der Waals surface area contributed by atoms with Gasteiger partial charge >= 0.3 is 0 Å². The number of hydrogen-bond donors (Lipinski definition) is 0. The second kappa shape index (κ2) is 14.7. The van der Waals surface area contributed by atoms with Crippen LogP contribution >= 0.6 is 0 Å². The topological polar surface area (TPSA) is 16.4 Å². The van der Waals surface area contributed by atoms with Crippen LogP contribution in [0.3, 0.4) is 0 Å². The van der Waals surface area contributed by atoms with Crippen molar-refractivity contribution in [1.82, 2.24) is 0 Å². The van der Waals surface area contributed by atoms with Gasteiger partial charge in [0, 0.05) is 39.5 Å². The van der Waals surface area contributed by atoms with Gasteiger partial charge in [-0.1, -0.05) is 194 Å². The van der Waals surface area contributed by atoms with Gasteiger partial charge < -0.3 is 9.32 Å². The molecule has 0 bridgehead atoms. The largest absolute Gasteiger partial charge is 0.455 e. The summed E-state index contributed by atoms with van der Waals surface area (Å²) in [6.07, 6.45) is 0. The highest BCUT2D eigenvalue weighted by atomic mass is 16.3. The number of anilines is 3. The van der Waals surface area contributed by atoms with E-state index in [2.05, 4.69) is 254 Å². The van der Waals surface area contributed by atoms with Crippen LogP contribution in [-0.2, 0) is 5.41 Å². The molecule has 0 radical (unpaired) electrons. The van der Waals surface area contributed by atoms with E-state index in [4.69, 9.17) is 4.42 Å². The Bertz CT molecular complexity index is 4020. The summed E-state index contributed by atoms with van der Waals surface area (Å²) in [4.78, 5) is 2.38. The fraction of sp³-hybridized carbons (Fsp3) is 0.0154. The Morgan fingerprint density at radius 3 is 1.54 bits per heavy atom. The minimum Gasteiger partial charge on any atom is -0.455 e. The highest BCUT2D eigenvalue weighted by molar-refractivity contribution is 6.27. The molecule has 1 aliphatic carbocycles. The molecule has 312 valence electrons. The zero-order chi connectivity index (χ0) is 44.1. The predicted octanol–water partition coefficient (Wildman–Crippen LogP) is 17.7. The van der Waals surface area contributed by atoms with Crippen molar-refractivity contribution in [2.75, 3.05) is 4.90 Å². The van der Waals surface area contributed by atoms with Crippen LogP contribution in [0.5, 0.6) is 0 Å². The predicted molar refractivity (Wildman–Crippen MR) is 281 cm³/mol. The molecule has 1 heterocycles. The minimum absolute atomic E-state index is 0.518. The standard InChI is InChI=1S/C65H41NO/c1-4-19-44(20-5-1)65(45-21-6-2-7-22-45)60-31-17-16-30-55(60)56-36-33-47(40-61(56)65)66(46-23-8-3-9-24-46)48-34-37-57-59-38-42-18-10-11-25-49(42)63(64(59)67-62(57)41-48)43-32-35-54-52-28-13-12-26-50(52)51-27-14-15-29-53(51)58(54)39-43/h1-41H. The molecular formula is C65H41NO. The molecule has 2 nitrogen and oxygen atoms in total. The first-order valence-electron chi connectivity index (χ1n) is 23.2. The van der Waals surface area contributed by atoms with E-state index in [1.54, 1.807) is 0 Å². The molecule has 67 heavy (non-hydrogen) atoms. The molecule has 2 heteroatoms. The number of hydrogen-bond acceptors (Lipinski definition) is 2. The van der Waals surface area contributed by atoms with Crippen molar-refractivity contribution in [2.24, 2.45) is 0 Å². The summed E-state index contributed by atoms with van der Waals surface area (Å²) in [5.74, 6) is 0. The van der Waals surface area contributed by atoms with E-state index in [1.807, 2.05) is 0 Å². The molecule has 0 aliphatic heterocycles. The van der Waals surface area contributed by atoms with Crippen molar-refractivity contribution in [3.8, 4) is 22.3 Å². The van der Waals surface area contributed by atoms with Crippen molar-refractivity contribution in [2.45, 2.75) is 5.41 Å². The maximum atomic E-state index is 7.22. The second-order valence-electron chi connectivity index (χ2n) is 17.9. The highest BCUT2D eigenvalue weighted by Gasteiger charge is 2.46. The van der Waals surface area contributed by atoms with Gasteiger partial charge in [0.05, 0.1) is 5.41 Å². The van der Waals surface area contributed by atoms with Crippen LogP contribution in [0.25, 0.3) is 87.3 Å². The Hall–Kier alpha value is -8.72. The van der Waals surface area contributed by atoms with E-state index < -0.39 is 5.41 Å². The van der Waals surface area contributed by atoms with Gasteiger partial charge in [0.1, 0.15) is 11.2 Å². The van der Waals surface area contributed by atoms with E-state index in [-0.39, 0.29) is 0 Å². The fourth-order valence-corrected chi connectivity index (χ4v) is 11.6. The van der Waals surface area contributed by atoms with Gasteiger partial charge in [0.25, 0.3) is 0 Å². The molecular weight excluding hydrogens is 811 g/mol. The molecule has 1 aromatic heterocycles. The van der Waals surface area contributed by atoms with E-state index in [0.717, 1.165) is 50.1 Å². The van der Waals surface area contributed by atoms with Crippen molar-refractivity contribution in [3.05, 3.63) is 271 Å². The van der Waals surface area contributed by atoms with E-state index >= 15 is 0 Å². The van der Waals surface area contributed by atoms with Crippen molar-refractivity contribution < 1.29 is 4.42 Å². The van der Waals surface area contributed by atoms with Gasteiger partial charge in [-0.2, -0.15) is 0 Å². The average Bonchev–Trinajstić information content (AvgIpc) is 3.91. The van der Waals surface area contributed by atoms with Gasteiger partial charge in [0.15, 0.2) is 0 Å². The maximum Gasteiger partial charge on any atom is 0.143 e. The molecule has 14 rings (SSSR count). The molecule has 13 aromatic rings. The molecule has 0 N–H and O–H groups in total. The normalized spacial score (nSPS) is 12.9.